The summed E-state index contributed by atoms with van der Waals surface area (Å²) in [7, 11) is 3.19. The van der Waals surface area contributed by atoms with Crippen LogP contribution in [0.15, 0.2) is 4.99 Å². The normalized spacial score (nSPS) is 22.1. The van der Waals surface area contributed by atoms with E-state index in [4.69, 9.17) is 0 Å². The standard InChI is InChI=1S/C14H27F3N4S.HI/c1-13(6-4-9-22-13)10-20-12(18-2)19-7-5-8-21(3)11-14(15,16)17;/h4-11H2,1-3H3,(H2,18,19,20);1H. The smallest absolute Gasteiger partial charge is 0.356 e. The average Bonchev–Trinajstić information content (AvgIpc) is 2.83. The third-order valence-electron chi connectivity index (χ3n) is 3.61. The highest BCUT2D eigenvalue weighted by Gasteiger charge is 2.30. The lowest BCUT2D eigenvalue weighted by Gasteiger charge is -2.24. The van der Waals surface area contributed by atoms with Crippen LogP contribution < -0.4 is 10.6 Å². The molecule has 23 heavy (non-hydrogen) atoms. The Bertz CT molecular complexity index is 360. The first-order chi connectivity index (χ1) is 10.2. The maximum Gasteiger partial charge on any atom is 0.401 e. The van der Waals surface area contributed by atoms with Gasteiger partial charge in [0.25, 0.3) is 0 Å². The van der Waals surface area contributed by atoms with Gasteiger partial charge in [0.15, 0.2) is 5.96 Å². The van der Waals surface area contributed by atoms with Gasteiger partial charge in [-0.3, -0.25) is 9.89 Å². The van der Waals surface area contributed by atoms with Crippen LogP contribution >= 0.6 is 35.7 Å². The highest BCUT2D eigenvalue weighted by molar-refractivity contribution is 14.0. The zero-order valence-corrected chi connectivity index (χ0v) is 17.1. The number of nitrogens with one attached hydrogen (secondary N) is 2. The van der Waals surface area contributed by atoms with Gasteiger partial charge in [-0.15, -0.1) is 24.0 Å². The van der Waals surface area contributed by atoms with Crippen LogP contribution in [0.25, 0.3) is 0 Å². The molecule has 1 fully saturated rings. The Balaban J connectivity index is 0.00000484. The van der Waals surface area contributed by atoms with Crippen LogP contribution in [0, 0.1) is 0 Å². The second kappa shape index (κ2) is 10.9. The van der Waals surface area contributed by atoms with Gasteiger partial charge in [-0.25, -0.2) is 0 Å². The molecule has 0 bridgehead atoms. The molecule has 0 aromatic rings. The summed E-state index contributed by atoms with van der Waals surface area (Å²) < 4.78 is 36.8. The number of aliphatic imine (C=N–C) groups is 1. The Morgan fingerprint density at radius 3 is 2.57 bits per heavy atom. The Morgan fingerprint density at radius 2 is 2.04 bits per heavy atom. The molecule has 0 amide bonds. The van der Waals surface area contributed by atoms with Gasteiger partial charge in [0.05, 0.1) is 6.54 Å². The Hall–Kier alpha value is 0.1000. The summed E-state index contributed by atoms with van der Waals surface area (Å²) >= 11 is 1.98. The minimum absolute atomic E-state index is 0. The first kappa shape index (κ1) is 23.1. The van der Waals surface area contributed by atoms with Crippen LogP contribution in [0.4, 0.5) is 13.2 Å². The van der Waals surface area contributed by atoms with Crippen LogP contribution in [0.1, 0.15) is 26.2 Å². The molecule has 4 nitrogen and oxygen atoms in total. The number of halogens is 4. The topological polar surface area (TPSA) is 39.7 Å². The number of hydrogen-bond donors (Lipinski definition) is 2. The minimum Gasteiger partial charge on any atom is -0.356 e. The summed E-state index contributed by atoms with van der Waals surface area (Å²) in [6.45, 7) is 3.24. The fourth-order valence-electron chi connectivity index (χ4n) is 2.41. The van der Waals surface area contributed by atoms with Crippen molar-refractivity contribution in [1.82, 2.24) is 15.5 Å². The lowest BCUT2D eigenvalue weighted by atomic mass is 10.1. The summed E-state index contributed by atoms with van der Waals surface area (Å²) in [6.07, 6.45) is -1.04. The Kier molecular flexibility index (Phi) is 10.9. The molecule has 0 aromatic heterocycles. The largest absolute Gasteiger partial charge is 0.401 e. The first-order valence-electron chi connectivity index (χ1n) is 7.58. The molecular weight excluding hydrogens is 440 g/mol. The molecule has 0 spiro atoms. The number of guanidine groups is 1. The lowest BCUT2D eigenvalue weighted by Crippen LogP contribution is -2.44. The number of thioether (sulfide) groups is 1. The van der Waals surface area contributed by atoms with Gasteiger partial charge in [-0.05, 0) is 45.5 Å². The highest BCUT2D eigenvalue weighted by Crippen LogP contribution is 2.36. The predicted octanol–water partition coefficient (Wildman–Crippen LogP) is 2.94. The van der Waals surface area contributed by atoms with Gasteiger partial charge in [0.1, 0.15) is 0 Å². The van der Waals surface area contributed by atoms with E-state index in [2.05, 4.69) is 22.5 Å². The van der Waals surface area contributed by atoms with Gasteiger partial charge < -0.3 is 10.6 Å². The number of alkyl halides is 3. The minimum atomic E-state index is -4.13. The predicted molar refractivity (Wildman–Crippen MR) is 103 cm³/mol. The zero-order chi connectivity index (χ0) is 16.6. The molecule has 2 N–H and O–H groups in total. The molecule has 0 radical (unpaired) electrons. The SMILES string of the molecule is CN=C(NCCCN(C)CC(F)(F)F)NCC1(C)CCCS1.I. The van der Waals surface area contributed by atoms with Crippen molar-refractivity contribution in [2.24, 2.45) is 4.99 Å². The monoisotopic (exact) mass is 468 g/mol. The Labute approximate surface area is 158 Å². The third kappa shape index (κ3) is 10.5. The van der Waals surface area contributed by atoms with Crippen LogP contribution in [-0.4, -0.2) is 67.8 Å². The number of hydrogen-bond acceptors (Lipinski definition) is 3. The summed E-state index contributed by atoms with van der Waals surface area (Å²) in [4.78, 5) is 5.43. The molecule has 1 aliphatic rings. The van der Waals surface area contributed by atoms with Gasteiger partial charge in [0.2, 0.25) is 0 Å². The summed E-state index contributed by atoms with van der Waals surface area (Å²) in [5.41, 5.74) is 0. The molecular formula is C14H28F3IN4S. The molecule has 9 heteroatoms. The molecule has 138 valence electrons. The summed E-state index contributed by atoms with van der Waals surface area (Å²) in [5.74, 6) is 1.92. The molecule has 1 atom stereocenters. The quantitative estimate of drug-likeness (QED) is 0.261. The first-order valence-corrected chi connectivity index (χ1v) is 8.56. The van der Waals surface area contributed by atoms with Crippen LogP contribution in [-0.2, 0) is 0 Å². The van der Waals surface area contributed by atoms with Crippen molar-refractivity contribution < 1.29 is 13.2 Å². The van der Waals surface area contributed by atoms with Crippen molar-refractivity contribution in [3.8, 4) is 0 Å². The average molecular weight is 468 g/mol. The Morgan fingerprint density at radius 1 is 1.35 bits per heavy atom. The van der Waals surface area contributed by atoms with Crippen molar-refractivity contribution in [3.05, 3.63) is 0 Å². The number of nitrogens with zero attached hydrogens (tertiary/aromatic N) is 2. The van der Waals surface area contributed by atoms with Crippen LogP contribution in [0.5, 0.6) is 0 Å². The van der Waals surface area contributed by atoms with Crippen molar-refractivity contribution in [2.45, 2.75) is 37.1 Å². The molecule has 0 saturated carbocycles. The van der Waals surface area contributed by atoms with E-state index in [9.17, 15) is 13.2 Å². The van der Waals surface area contributed by atoms with E-state index in [1.165, 1.54) is 30.5 Å². The summed E-state index contributed by atoms with van der Waals surface area (Å²) in [5, 5.41) is 6.45. The van der Waals surface area contributed by atoms with Crippen molar-refractivity contribution in [2.75, 3.05) is 46.0 Å². The van der Waals surface area contributed by atoms with Gasteiger partial charge in [0, 0.05) is 24.9 Å². The van der Waals surface area contributed by atoms with Crippen molar-refractivity contribution >= 4 is 41.7 Å². The zero-order valence-electron chi connectivity index (χ0n) is 14.0. The molecule has 1 rings (SSSR count). The molecule has 1 saturated heterocycles. The second-order valence-electron chi connectivity index (χ2n) is 5.96. The van der Waals surface area contributed by atoms with E-state index in [1.54, 1.807) is 7.05 Å². The maximum atomic E-state index is 12.2. The third-order valence-corrected chi connectivity index (χ3v) is 5.15. The summed E-state index contributed by atoms with van der Waals surface area (Å²) in [6, 6.07) is 0. The van der Waals surface area contributed by atoms with Crippen LogP contribution in [0.2, 0.25) is 0 Å². The van der Waals surface area contributed by atoms with Gasteiger partial charge in [-0.1, -0.05) is 0 Å². The molecule has 1 unspecified atom stereocenters. The van der Waals surface area contributed by atoms with E-state index < -0.39 is 12.7 Å². The van der Waals surface area contributed by atoms with E-state index in [1.807, 2.05) is 11.8 Å². The lowest BCUT2D eigenvalue weighted by molar-refractivity contribution is -0.143. The van der Waals surface area contributed by atoms with E-state index >= 15 is 0 Å². The van der Waals surface area contributed by atoms with Gasteiger partial charge in [-0.2, -0.15) is 24.9 Å². The molecule has 0 aromatic carbocycles. The highest BCUT2D eigenvalue weighted by atomic mass is 127. The molecule has 1 heterocycles. The molecule has 1 aliphatic heterocycles. The van der Waals surface area contributed by atoms with E-state index in [-0.39, 0.29) is 28.7 Å². The number of rotatable bonds is 7. The van der Waals surface area contributed by atoms with E-state index in [0.29, 0.717) is 25.5 Å². The molecule has 0 aliphatic carbocycles. The van der Waals surface area contributed by atoms with Gasteiger partial charge >= 0.3 is 6.18 Å². The maximum absolute atomic E-state index is 12.2. The fourth-order valence-corrected chi connectivity index (χ4v) is 3.65. The second-order valence-corrected chi connectivity index (χ2v) is 7.64. The van der Waals surface area contributed by atoms with E-state index in [0.717, 1.165) is 6.54 Å². The van der Waals surface area contributed by atoms with Crippen molar-refractivity contribution in [3.63, 3.8) is 0 Å². The fraction of sp³-hybridized carbons (Fsp3) is 0.929. The van der Waals surface area contributed by atoms with Crippen molar-refractivity contribution in [1.29, 1.82) is 0 Å². The van der Waals surface area contributed by atoms with Crippen LogP contribution in [0.3, 0.4) is 0 Å².